The summed E-state index contributed by atoms with van der Waals surface area (Å²) in [7, 11) is 1.46. The van der Waals surface area contributed by atoms with E-state index >= 15 is 0 Å². The maximum atomic E-state index is 13.6. The van der Waals surface area contributed by atoms with E-state index in [0.29, 0.717) is 42.2 Å². The van der Waals surface area contributed by atoms with Gasteiger partial charge in [0.25, 0.3) is 0 Å². The minimum absolute atomic E-state index is 0.0880. The van der Waals surface area contributed by atoms with Crippen LogP contribution in [0.5, 0.6) is 0 Å². The molecule has 0 fully saturated rings. The quantitative estimate of drug-likeness (QED) is 0.312. The van der Waals surface area contributed by atoms with Crippen LogP contribution >= 0.6 is 27.5 Å². The highest BCUT2D eigenvalue weighted by molar-refractivity contribution is 9.10. The fraction of sp³-hybridized carbons (Fsp3) is 0.290. The summed E-state index contributed by atoms with van der Waals surface area (Å²) in [4.78, 5) is 46.0. The number of hydrogen-bond acceptors (Lipinski definition) is 4. The molecular weight excluding hydrogens is 608 g/mol. The van der Waals surface area contributed by atoms with Gasteiger partial charge in [-0.2, -0.15) is 0 Å². The van der Waals surface area contributed by atoms with Crippen molar-refractivity contribution in [3.8, 4) is 11.1 Å². The third-order valence-electron chi connectivity index (χ3n) is 7.78. The van der Waals surface area contributed by atoms with Crippen LogP contribution in [0.1, 0.15) is 49.9 Å². The molecule has 0 radical (unpaired) electrons. The highest BCUT2D eigenvalue weighted by Crippen LogP contribution is 2.38. The molecule has 3 aromatic rings. The zero-order valence-corrected chi connectivity index (χ0v) is 25.1. The average Bonchev–Trinajstić information content (AvgIpc) is 2.96. The molecule has 0 saturated carbocycles. The lowest BCUT2D eigenvalue weighted by atomic mass is 9.92. The molecule has 212 valence electrons. The summed E-state index contributed by atoms with van der Waals surface area (Å²) >= 11 is 9.82. The Hall–Kier alpha value is -3.69. The molecule has 2 aliphatic rings. The number of carbonyl (C=O) groups is 3. The number of aromatic nitrogens is 1. The fourth-order valence-corrected chi connectivity index (χ4v) is 6.07. The third-order valence-corrected chi connectivity index (χ3v) is 8.71. The molecule has 0 aliphatic carbocycles. The molecule has 2 atom stereocenters. The maximum absolute atomic E-state index is 13.6. The number of fused-ring (bicyclic) bond motifs is 4. The largest absolute Gasteiger partial charge is 0.465 e. The standard InChI is InChI=1S/C31H30BrClN4O4/c1-18-4-3-5-28(37-13-11-20(15-29(37)38)24-16-21(33)6-9-25(24)32)27-14-19(10-12-34-27)23-8-7-22(36(2)31(40)41)17-26(23)35-30(18)39/h6-10,12,14-18,28H,3-5,11,13H2,1-2H3,(H,35,39)(H,40,41)/t18-,28+/m1/s1. The lowest BCUT2D eigenvalue weighted by molar-refractivity contribution is -0.129. The second-order valence-corrected chi connectivity index (χ2v) is 11.7. The Balaban J connectivity index is 1.53. The number of hydrogen-bond donors (Lipinski definition) is 2. The first-order valence-corrected chi connectivity index (χ1v) is 14.6. The van der Waals surface area contributed by atoms with Crippen LogP contribution in [0.4, 0.5) is 16.2 Å². The number of nitrogens with one attached hydrogen (secondary N) is 1. The van der Waals surface area contributed by atoms with Crippen molar-refractivity contribution in [3.05, 3.63) is 81.6 Å². The Kier molecular flexibility index (Phi) is 8.47. The van der Waals surface area contributed by atoms with E-state index in [1.54, 1.807) is 36.5 Å². The fourth-order valence-electron chi connectivity index (χ4n) is 5.39. The van der Waals surface area contributed by atoms with Gasteiger partial charge in [0.05, 0.1) is 17.4 Å². The summed E-state index contributed by atoms with van der Waals surface area (Å²) in [6, 6.07) is 14.3. The van der Waals surface area contributed by atoms with E-state index in [4.69, 9.17) is 16.6 Å². The molecular formula is C31H30BrClN4O4. The van der Waals surface area contributed by atoms with E-state index in [1.807, 2.05) is 36.1 Å². The van der Waals surface area contributed by atoms with Gasteiger partial charge >= 0.3 is 6.09 Å². The van der Waals surface area contributed by atoms with E-state index in [9.17, 15) is 19.5 Å². The van der Waals surface area contributed by atoms with Gasteiger partial charge in [-0.3, -0.25) is 19.5 Å². The van der Waals surface area contributed by atoms with Crippen LogP contribution in [0.25, 0.3) is 16.7 Å². The number of amides is 3. The molecule has 8 nitrogen and oxygen atoms in total. The van der Waals surface area contributed by atoms with Crippen molar-refractivity contribution in [1.82, 2.24) is 9.88 Å². The number of rotatable bonds is 3. The molecule has 0 unspecified atom stereocenters. The second kappa shape index (κ2) is 12.0. The molecule has 5 rings (SSSR count). The predicted molar refractivity (Wildman–Crippen MR) is 164 cm³/mol. The van der Waals surface area contributed by atoms with Crippen molar-refractivity contribution >= 4 is 62.4 Å². The van der Waals surface area contributed by atoms with Crippen molar-refractivity contribution < 1.29 is 19.5 Å². The normalized spacial score (nSPS) is 19.3. The number of carboxylic acid groups (broad SMARTS) is 1. The lowest BCUT2D eigenvalue weighted by Crippen LogP contribution is -2.38. The molecule has 2 aromatic carbocycles. The van der Waals surface area contributed by atoms with Crippen molar-refractivity contribution in [2.45, 2.75) is 38.6 Å². The molecule has 41 heavy (non-hydrogen) atoms. The number of nitrogens with zero attached hydrogens (tertiary/aromatic N) is 3. The SMILES string of the molecule is C[C@@H]1CCC[C@H](N2CCC(c3cc(Cl)ccc3Br)=CC2=O)c2cc(ccn2)-c2ccc(N(C)C(=O)O)cc2NC1=O. The van der Waals surface area contributed by atoms with Gasteiger partial charge in [0.1, 0.15) is 0 Å². The summed E-state index contributed by atoms with van der Waals surface area (Å²) in [6.45, 7) is 2.40. The summed E-state index contributed by atoms with van der Waals surface area (Å²) in [5, 5.41) is 13.1. The first kappa shape index (κ1) is 28.8. The van der Waals surface area contributed by atoms with Gasteiger partial charge in [-0.05, 0) is 78.4 Å². The molecule has 3 amide bonds. The van der Waals surface area contributed by atoms with Gasteiger partial charge < -0.3 is 15.3 Å². The van der Waals surface area contributed by atoms with Crippen LogP contribution < -0.4 is 10.2 Å². The second-order valence-electron chi connectivity index (χ2n) is 10.5. The zero-order valence-electron chi connectivity index (χ0n) is 22.7. The van der Waals surface area contributed by atoms with Gasteiger partial charge in [-0.15, -0.1) is 0 Å². The molecule has 10 heteroatoms. The Morgan fingerprint density at radius 1 is 1.12 bits per heavy atom. The van der Waals surface area contributed by atoms with Gasteiger partial charge in [0, 0.05) is 52.5 Å². The summed E-state index contributed by atoms with van der Waals surface area (Å²) in [6.07, 6.45) is 4.99. The van der Waals surface area contributed by atoms with E-state index in [0.717, 1.165) is 43.8 Å². The highest BCUT2D eigenvalue weighted by atomic mass is 79.9. The summed E-state index contributed by atoms with van der Waals surface area (Å²) < 4.78 is 0.887. The van der Waals surface area contributed by atoms with Gasteiger partial charge in [-0.1, -0.05) is 46.9 Å². The van der Waals surface area contributed by atoms with E-state index in [-0.39, 0.29) is 23.8 Å². The van der Waals surface area contributed by atoms with E-state index in [2.05, 4.69) is 21.2 Å². The molecule has 2 aliphatic heterocycles. The molecule has 2 bridgehead atoms. The maximum Gasteiger partial charge on any atom is 0.411 e. The number of halogens is 2. The van der Waals surface area contributed by atoms with Gasteiger partial charge in [0.2, 0.25) is 11.8 Å². The van der Waals surface area contributed by atoms with Crippen molar-refractivity contribution in [3.63, 3.8) is 0 Å². The molecule has 3 heterocycles. The van der Waals surface area contributed by atoms with E-state index < -0.39 is 6.09 Å². The Labute approximate surface area is 252 Å². The smallest absolute Gasteiger partial charge is 0.411 e. The van der Waals surface area contributed by atoms with Crippen molar-refractivity contribution in [2.24, 2.45) is 5.92 Å². The van der Waals surface area contributed by atoms with Crippen molar-refractivity contribution in [1.29, 1.82) is 0 Å². The highest BCUT2D eigenvalue weighted by Gasteiger charge is 2.30. The summed E-state index contributed by atoms with van der Waals surface area (Å²) in [5.74, 6) is -0.504. The summed E-state index contributed by atoms with van der Waals surface area (Å²) in [5.41, 5.74) is 5.14. The topological polar surface area (TPSA) is 103 Å². The molecule has 0 saturated heterocycles. The molecule has 0 spiro atoms. The molecule has 1 aromatic heterocycles. The Bertz CT molecular complexity index is 1560. The van der Waals surface area contributed by atoms with Crippen LogP contribution in [0.3, 0.4) is 0 Å². The third kappa shape index (κ3) is 6.16. The zero-order chi connectivity index (χ0) is 29.3. The Morgan fingerprint density at radius 3 is 2.68 bits per heavy atom. The number of benzene rings is 2. The monoisotopic (exact) mass is 636 g/mol. The van der Waals surface area contributed by atoms with Crippen LogP contribution in [-0.4, -0.2) is 46.5 Å². The first-order chi connectivity index (χ1) is 19.6. The van der Waals surface area contributed by atoms with Crippen LogP contribution in [-0.2, 0) is 9.59 Å². The number of carbonyl (C=O) groups excluding carboxylic acids is 2. The average molecular weight is 638 g/mol. The van der Waals surface area contributed by atoms with Gasteiger partial charge in [0.15, 0.2) is 0 Å². The minimum atomic E-state index is -1.10. The molecule has 2 N–H and O–H groups in total. The van der Waals surface area contributed by atoms with Crippen LogP contribution in [0.15, 0.2) is 65.3 Å². The number of anilines is 2. The minimum Gasteiger partial charge on any atom is -0.465 e. The number of pyridine rings is 1. The lowest BCUT2D eigenvalue weighted by Gasteiger charge is -2.34. The van der Waals surface area contributed by atoms with Crippen molar-refractivity contribution in [2.75, 3.05) is 23.8 Å². The Morgan fingerprint density at radius 2 is 1.93 bits per heavy atom. The van der Waals surface area contributed by atoms with Crippen LogP contribution in [0, 0.1) is 5.92 Å². The predicted octanol–water partition coefficient (Wildman–Crippen LogP) is 7.39. The van der Waals surface area contributed by atoms with Crippen LogP contribution in [0.2, 0.25) is 5.02 Å². The first-order valence-electron chi connectivity index (χ1n) is 13.5. The van der Waals surface area contributed by atoms with E-state index in [1.165, 1.54) is 7.05 Å². The van der Waals surface area contributed by atoms with Gasteiger partial charge in [-0.25, -0.2) is 4.79 Å².